The standard InChI is InChI=1S/C16H16N2O5S/c1-11-9-16(12(2)8-13(11)10-19)17(24(3,22)23)14-4-6-15(7-5-14)18(20)21/h4-10H,1-3H3. The predicted octanol–water partition coefficient (Wildman–Crippen LogP) is 3.12. The van der Waals surface area contributed by atoms with Crippen molar-refractivity contribution in [1.82, 2.24) is 0 Å². The van der Waals surface area contributed by atoms with Gasteiger partial charge in [-0.15, -0.1) is 0 Å². The Kier molecular flexibility index (Phi) is 4.70. The van der Waals surface area contributed by atoms with Gasteiger partial charge >= 0.3 is 0 Å². The molecule has 0 N–H and O–H groups in total. The van der Waals surface area contributed by atoms with Gasteiger partial charge < -0.3 is 0 Å². The highest BCUT2D eigenvalue weighted by Crippen LogP contribution is 2.33. The molecule has 0 heterocycles. The van der Waals surface area contributed by atoms with Gasteiger partial charge in [0, 0.05) is 17.7 Å². The van der Waals surface area contributed by atoms with Gasteiger partial charge in [-0.25, -0.2) is 12.7 Å². The van der Waals surface area contributed by atoms with Crippen molar-refractivity contribution in [3.63, 3.8) is 0 Å². The first-order valence-corrected chi connectivity index (χ1v) is 8.81. The van der Waals surface area contributed by atoms with Gasteiger partial charge in [-0.1, -0.05) is 0 Å². The van der Waals surface area contributed by atoms with Crippen LogP contribution in [0, 0.1) is 24.0 Å². The highest BCUT2D eigenvalue weighted by atomic mass is 32.2. The molecule has 8 heteroatoms. The van der Waals surface area contributed by atoms with E-state index in [9.17, 15) is 23.3 Å². The van der Waals surface area contributed by atoms with E-state index in [0.717, 1.165) is 10.6 Å². The number of sulfonamides is 1. The molecular formula is C16H16N2O5S. The van der Waals surface area contributed by atoms with Crippen LogP contribution < -0.4 is 4.31 Å². The molecule has 7 nitrogen and oxygen atoms in total. The second kappa shape index (κ2) is 6.40. The van der Waals surface area contributed by atoms with Gasteiger partial charge in [-0.3, -0.25) is 14.9 Å². The number of nitrogens with zero attached hydrogens (tertiary/aromatic N) is 2. The zero-order valence-electron chi connectivity index (χ0n) is 13.4. The van der Waals surface area contributed by atoms with E-state index < -0.39 is 14.9 Å². The molecule has 0 radical (unpaired) electrons. The van der Waals surface area contributed by atoms with Crippen molar-refractivity contribution in [3.8, 4) is 0 Å². The quantitative estimate of drug-likeness (QED) is 0.470. The summed E-state index contributed by atoms with van der Waals surface area (Å²) in [5.74, 6) is 0. The largest absolute Gasteiger partial charge is 0.298 e. The van der Waals surface area contributed by atoms with E-state index in [1.807, 2.05) is 0 Å². The molecule has 0 atom stereocenters. The Balaban J connectivity index is 2.65. The summed E-state index contributed by atoms with van der Waals surface area (Å²) < 4.78 is 25.7. The van der Waals surface area contributed by atoms with E-state index in [0.29, 0.717) is 28.7 Å². The third-order valence-corrected chi connectivity index (χ3v) is 4.63. The number of aldehydes is 1. The maximum absolute atomic E-state index is 12.3. The monoisotopic (exact) mass is 348 g/mol. The summed E-state index contributed by atoms with van der Waals surface area (Å²) in [7, 11) is -3.69. The zero-order valence-corrected chi connectivity index (χ0v) is 14.2. The van der Waals surface area contributed by atoms with Crippen LogP contribution in [0.3, 0.4) is 0 Å². The van der Waals surface area contributed by atoms with Crippen LogP contribution in [0.4, 0.5) is 17.1 Å². The molecule has 0 unspecified atom stereocenters. The minimum atomic E-state index is -3.69. The molecule has 126 valence electrons. The molecule has 0 bridgehead atoms. The number of hydrogen-bond donors (Lipinski definition) is 0. The van der Waals surface area contributed by atoms with Crippen LogP contribution >= 0.6 is 0 Å². The number of nitro groups is 1. The normalized spacial score (nSPS) is 11.1. The lowest BCUT2D eigenvalue weighted by atomic mass is 10.0. The van der Waals surface area contributed by atoms with E-state index in [4.69, 9.17) is 0 Å². The van der Waals surface area contributed by atoms with Gasteiger partial charge in [-0.2, -0.15) is 0 Å². The average molecular weight is 348 g/mol. The first-order valence-electron chi connectivity index (χ1n) is 6.96. The smallest absolute Gasteiger partial charge is 0.269 e. The molecule has 0 aliphatic rings. The molecule has 2 aromatic carbocycles. The van der Waals surface area contributed by atoms with Crippen molar-refractivity contribution < 1.29 is 18.1 Å². The van der Waals surface area contributed by atoms with Gasteiger partial charge in [0.2, 0.25) is 10.0 Å². The molecular weight excluding hydrogens is 332 g/mol. The number of rotatable bonds is 5. The van der Waals surface area contributed by atoms with Crippen LogP contribution in [-0.4, -0.2) is 25.9 Å². The SMILES string of the molecule is Cc1cc(N(c2ccc([N+](=O)[O-])cc2)S(C)(=O)=O)c(C)cc1C=O. The lowest BCUT2D eigenvalue weighted by Gasteiger charge is -2.25. The number of benzene rings is 2. The van der Waals surface area contributed by atoms with Gasteiger partial charge in [0.05, 0.1) is 22.6 Å². The Hall–Kier alpha value is -2.74. The number of hydrogen-bond acceptors (Lipinski definition) is 5. The third kappa shape index (κ3) is 3.43. The zero-order chi connectivity index (χ0) is 18.1. The molecule has 0 spiro atoms. The van der Waals surface area contributed by atoms with E-state index in [-0.39, 0.29) is 11.4 Å². The molecule has 2 rings (SSSR count). The third-order valence-electron chi connectivity index (χ3n) is 3.56. The Morgan fingerprint density at radius 1 is 1.08 bits per heavy atom. The fourth-order valence-corrected chi connectivity index (χ4v) is 3.45. The number of carbonyl (C=O) groups excluding carboxylic acids is 1. The molecule has 0 aliphatic carbocycles. The lowest BCUT2D eigenvalue weighted by Crippen LogP contribution is -2.25. The van der Waals surface area contributed by atoms with Crippen molar-refractivity contribution in [2.75, 3.05) is 10.6 Å². The number of anilines is 2. The van der Waals surface area contributed by atoms with Crippen molar-refractivity contribution in [3.05, 3.63) is 63.2 Å². The molecule has 0 saturated carbocycles. The minimum Gasteiger partial charge on any atom is -0.298 e. The summed E-state index contributed by atoms with van der Waals surface area (Å²) >= 11 is 0. The van der Waals surface area contributed by atoms with Gasteiger partial charge in [0.25, 0.3) is 5.69 Å². The number of non-ortho nitro benzene ring substituents is 1. The van der Waals surface area contributed by atoms with E-state index in [1.165, 1.54) is 24.3 Å². The Labute approximate surface area is 139 Å². The average Bonchev–Trinajstić information content (AvgIpc) is 2.49. The molecule has 2 aromatic rings. The Bertz CT molecular complexity index is 905. The Morgan fingerprint density at radius 3 is 2.12 bits per heavy atom. The van der Waals surface area contributed by atoms with Gasteiger partial charge in [-0.05, 0) is 49.2 Å². The molecule has 0 saturated heterocycles. The summed E-state index contributed by atoms with van der Waals surface area (Å²) in [6, 6.07) is 8.47. The maximum Gasteiger partial charge on any atom is 0.269 e. The summed E-state index contributed by atoms with van der Waals surface area (Å²) in [6.07, 6.45) is 1.76. The van der Waals surface area contributed by atoms with Crippen LogP contribution in [-0.2, 0) is 10.0 Å². The fraction of sp³-hybridized carbons (Fsp3) is 0.188. The van der Waals surface area contributed by atoms with Crippen molar-refractivity contribution in [2.45, 2.75) is 13.8 Å². The highest BCUT2D eigenvalue weighted by molar-refractivity contribution is 7.92. The van der Waals surface area contributed by atoms with Crippen molar-refractivity contribution in [2.24, 2.45) is 0 Å². The number of nitro benzene ring substituents is 1. The van der Waals surface area contributed by atoms with Crippen LogP contribution in [0.15, 0.2) is 36.4 Å². The van der Waals surface area contributed by atoms with E-state index in [2.05, 4.69) is 0 Å². The maximum atomic E-state index is 12.3. The second-order valence-electron chi connectivity index (χ2n) is 5.41. The summed E-state index contributed by atoms with van der Waals surface area (Å²) in [4.78, 5) is 21.2. The van der Waals surface area contributed by atoms with Gasteiger partial charge in [0.1, 0.15) is 6.29 Å². The van der Waals surface area contributed by atoms with Crippen LogP contribution in [0.1, 0.15) is 21.5 Å². The first-order chi connectivity index (χ1) is 11.1. The Morgan fingerprint density at radius 2 is 1.67 bits per heavy atom. The molecule has 0 fully saturated rings. The number of aryl methyl sites for hydroxylation is 2. The first kappa shape index (κ1) is 17.6. The molecule has 0 amide bonds. The predicted molar refractivity (Wildman–Crippen MR) is 91.4 cm³/mol. The number of carbonyl (C=O) groups is 1. The fourth-order valence-electron chi connectivity index (χ4n) is 2.39. The highest BCUT2D eigenvalue weighted by Gasteiger charge is 2.23. The van der Waals surface area contributed by atoms with Crippen molar-refractivity contribution in [1.29, 1.82) is 0 Å². The van der Waals surface area contributed by atoms with Crippen LogP contribution in [0.2, 0.25) is 0 Å². The van der Waals surface area contributed by atoms with Crippen LogP contribution in [0.25, 0.3) is 0 Å². The van der Waals surface area contributed by atoms with E-state index in [1.54, 1.807) is 26.0 Å². The summed E-state index contributed by atoms with van der Waals surface area (Å²) in [5, 5.41) is 10.8. The lowest BCUT2D eigenvalue weighted by molar-refractivity contribution is -0.384. The minimum absolute atomic E-state index is 0.128. The summed E-state index contributed by atoms with van der Waals surface area (Å²) in [6.45, 7) is 3.41. The molecule has 0 aromatic heterocycles. The molecule has 24 heavy (non-hydrogen) atoms. The van der Waals surface area contributed by atoms with E-state index >= 15 is 0 Å². The molecule has 0 aliphatic heterocycles. The van der Waals surface area contributed by atoms with Crippen molar-refractivity contribution >= 4 is 33.4 Å². The van der Waals surface area contributed by atoms with Gasteiger partial charge in [0.15, 0.2) is 0 Å². The topological polar surface area (TPSA) is 97.6 Å². The van der Waals surface area contributed by atoms with Crippen LogP contribution in [0.5, 0.6) is 0 Å². The second-order valence-corrected chi connectivity index (χ2v) is 7.25. The summed E-state index contributed by atoms with van der Waals surface area (Å²) in [5.41, 5.74) is 2.27.